The van der Waals surface area contributed by atoms with Crippen LogP contribution in [0.2, 0.25) is 0 Å². The van der Waals surface area contributed by atoms with Gasteiger partial charge in [-0.15, -0.1) is 5.10 Å². The molecule has 6 heteroatoms. The van der Waals surface area contributed by atoms with Gasteiger partial charge in [-0.05, 0) is 31.0 Å². The molecule has 0 aliphatic carbocycles. The van der Waals surface area contributed by atoms with Crippen LogP contribution < -0.4 is 5.32 Å². The number of nitrogens with zero attached hydrogens (tertiary/aromatic N) is 3. The quantitative estimate of drug-likeness (QED) is 0.842. The van der Waals surface area contributed by atoms with E-state index in [1.807, 2.05) is 13.0 Å². The summed E-state index contributed by atoms with van der Waals surface area (Å²) >= 11 is 0. The molecule has 1 atom stereocenters. The lowest BCUT2D eigenvalue weighted by Gasteiger charge is -2.13. The highest BCUT2D eigenvalue weighted by atomic mass is 19.1. The molecule has 0 bridgehead atoms. The lowest BCUT2D eigenvalue weighted by Crippen LogP contribution is -2.18. The van der Waals surface area contributed by atoms with E-state index >= 15 is 0 Å². The first kappa shape index (κ1) is 14.6. The summed E-state index contributed by atoms with van der Waals surface area (Å²) < 4.78 is 15.1. The van der Waals surface area contributed by atoms with Crippen LogP contribution in [-0.2, 0) is 13.1 Å². The molecule has 0 aliphatic rings. The van der Waals surface area contributed by atoms with E-state index in [2.05, 4.69) is 15.6 Å². The Morgan fingerprint density at radius 2 is 2.25 bits per heavy atom. The lowest BCUT2D eigenvalue weighted by atomic mass is 10.1. The van der Waals surface area contributed by atoms with E-state index in [9.17, 15) is 4.39 Å². The summed E-state index contributed by atoms with van der Waals surface area (Å²) in [5, 5.41) is 20.0. The Morgan fingerprint density at radius 3 is 2.95 bits per heavy atom. The van der Waals surface area contributed by atoms with Crippen LogP contribution in [0, 0.1) is 12.7 Å². The van der Waals surface area contributed by atoms with Crippen LogP contribution in [0.25, 0.3) is 0 Å². The monoisotopic (exact) mass is 278 g/mol. The second-order valence-corrected chi connectivity index (χ2v) is 4.81. The zero-order valence-corrected chi connectivity index (χ0v) is 11.7. The van der Waals surface area contributed by atoms with Crippen LogP contribution in [0.1, 0.15) is 29.8 Å². The fraction of sp³-hybridized carbons (Fsp3) is 0.429. The molecule has 5 nitrogen and oxygen atoms in total. The van der Waals surface area contributed by atoms with Crippen molar-refractivity contribution in [2.45, 2.75) is 33.0 Å². The van der Waals surface area contributed by atoms with E-state index < -0.39 is 0 Å². The predicted octanol–water partition coefficient (Wildman–Crippen LogP) is 1.57. The van der Waals surface area contributed by atoms with Gasteiger partial charge in [-0.2, -0.15) is 0 Å². The lowest BCUT2D eigenvalue weighted by molar-refractivity contribution is 0.268. The molecule has 108 valence electrons. The molecule has 1 aromatic carbocycles. The third-order valence-corrected chi connectivity index (χ3v) is 3.20. The van der Waals surface area contributed by atoms with Crippen LogP contribution in [0.4, 0.5) is 4.39 Å². The second-order valence-electron chi connectivity index (χ2n) is 4.81. The fourth-order valence-corrected chi connectivity index (χ4v) is 1.89. The first-order valence-corrected chi connectivity index (χ1v) is 6.59. The largest absolute Gasteiger partial charge is 0.394 e. The summed E-state index contributed by atoms with van der Waals surface area (Å²) in [6.45, 7) is 4.74. The van der Waals surface area contributed by atoms with Gasteiger partial charge in [0.05, 0.1) is 18.8 Å². The third kappa shape index (κ3) is 3.61. The Morgan fingerprint density at radius 1 is 1.45 bits per heavy atom. The fourth-order valence-electron chi connectivity index (χ4n) is 1.89. The second kappa shape index (κ2) is 6.58. The van der Waals surface area contributed by atoms with Gasteiger partial charge in [0, 0.05) is 18.8 Å². The number of rotatable bonds is 6. The summed E-state index contributed by atoms with van der Waals surface area (Å²) in [7, 11) is 0. The average molecular weight is 278 g/mol. The van der Waals surface area contributed by atoms with Gasteiger partial charge in [-0.3, -0.25) is 0 Å². The smallest absolute Gasteiger partial charge is 0.126 e. The van der Waals surface area contributed by atoms with E-state index in [-0.39, 0.29) is 18.5 Å². The minimum Gasteiger partial charge on any atom is -0.394 e. The van der Waals surface area contributed by atoms with Crippen molar-refractivity contribution in [3.63, 3.8) is 0 Å². The maximum atomic E-state index is 13.5. The standard InChI is InChI=1S/C14H19FN4O/c1-10-3-4-12(7-14(10)15)11(2)16-8-13-9-19(5-6-20)18-17-13/h3-4,7,9,11,16,20H,5-6,8H2,1-2H3. The molecule has 2 rings (SSSR count). The Labute approximate surface area is 117 Å². The number of hydrogen-bond acceptors (Lipinski definition) is 4. The van der Waals surface area contributed by atoms with Crippen molar-refractivity contribution in [2.75, 3.05) is 6.61 Å². The Bertz CT molecular complexity index is 570. The number of nitrogens with one attached hydrogen (secondary N) is 1. The molecular weight excluding hydrogens is 259 g/mol. The Balaban J connectivity index is 1.93. The normalized spacial score (nSPS) is 12.6. The molecule has 0 saturated carbocycles. The molecule has 1 aromatic heterocycles. The highest BCUT2D eigenvalue weighted by Gasteiger charge is 2.08. The molecule has 0 saturated heterocycles. The van der Waals surface area contributed by atoms with Gasteiger partial charge in [-0.25, -0.2) is 9.07 Å². The predicted molar refractivity (Wildman–Crippen MR) is 73.5 cm³/mol. The maximum Gasteiger partial charge on any atom is 0.126 e. The number of aliphatic hydroxyl groups is 1. The summed E-state index contributed by atoms with van der Waals surface area (Å²) in [4.78, 5) is 0. The molecule has 0 spiro atoms. The molecule has 20 heavy (non-hydrogen) atoms. The Hall–Kier alpha value is -1.79. The van der Waals surface area contributed by atoms with Gasteiger partial charge in [0.2, 0.25) is 0 Å². The zero-order chi connectivity index (χ0) is 14.5. The van der Waals surface area contributed by atoms with Crippen LogP contribution in [0.5, 0.6) is 0 Å². The summed E-state index contributed by atoms with van der Waals surface area (Å²) in [6.07, 6.45) is 1.78. The highest BCUT2D eigenvalue weighted by Crippen LogP contribution is 2.16. The van der Waals surface area contributed by atoms with Gasteiger partial charge in [-0.1, -0.05) is 17.3 Å². The van der Waals surface area contributed by atoms with Crippen LogP contribution in [0.3, 0.4) is 0 Å². The summed E-state index contributed by atoms with van der Waals surface area (Å²) in [5.41, 5.74) is 2.33. The maximum absolute atomic E-state index is 13.5. The van der Waals surface area contributed by atoms with Crippen molar-refractivity contribution in [3.8, 4) is 0 Å². The van der Waals surface area contributed by atoms with Crippen molar-refractivity contribution in [1.82, 2.24) is 20.3 Å². The van der Waals surface area contributed by atoms with Crippen molar-refractivity contribution < 1.29 is 9.50 Å². The topological polar surface area (TPSA) is 63.0 Å². The number of aryl methyl sites for hydroxylation is 1. The van der Waals surface area contributed by atoms with Gasteiger partial charge in [0.15, 0.2) is 0 Å². The molecule has 0 aliphatic heterocycles. The molecule has 2 N–H and O–H groups in total. The van der Waals surface area contributed by atoms with Crippen molar-refractivity contribution in [2.24, 2.45) is 0 Å². The van der Waals surface area contributed by atoms with Crippen LogP contribution >= 0.6 is 0 Å². The van der Waals surface area contributed by atoms with Crippen molar-refractivity contribution in [3.05, 3.63) is 47.0 Å². The summed E-state index contributed by atoms with van der Waals surface area (Å²) in [6, 6.07) is 5.27. The van der Waals surface area contributed by atoms with Crippen molar-refractivity contribution in [1.29, 1.82) is 0 Å². The first-order chi connectivity index (χ1) is 9.60. The van der Waals surface area contributed by atoms with E-state index in [0.717, 1.165) is 11.3 Å². The van der Waals surface area contributed by atoms with Gasteiger partial charge in [0.1, 0.15) is 5.82 Å². The molecule has 2 aromatic rings. The minimum atomic E-state index is -0.190. The van der Waals surface area contributed by atoms with Gasteiger partial charge in [0.25, 0.3) is 0 Å². The zero-order valence-electron chi connectivity index (χ0n) is 11.7. The van der Waals surface area contributed by atoms with E-state index in [1.165, 1.54) is 0 Å². The molecule has 0 fully saturated rings. The first-order valence-electron chi connectivity index (χ1n) is 6.59. The van der Waals surface area contributed by atoms with Gasteiger partial charge >= 0.3 is 0 Å². The number of aromatic nitrogens is 3. The molecule has 0 radical (unpaired) electrons. The van der Waals surface area contributed by atoms with E-state index in [1.54, 1.807) is 29.9 Å². The van der Waals surface area contributed by atoms with Crippen LogP contribution in [-0.4, -0.2) is 26.7 Å². The molecule has 0 amide bonds. The number of hydrogen-bond donors (Lipinski definition) is 2. The summed E-state index contributed by atoms with van der Waals surface area (Å²) in [5.74, 6) is -0.190. The minimum absolute atomic E-state index is 0.0214. The van der Waals surface area contributed by atoms with E-state index in [4.69, 9.17) is 5.11 Å². The molecular formula is C14H19FN4O. The van der Waals surface area contributed by atoms with E-state index in [0.29, 0.717) is 18.7 Å². The Kier molecular flexibility index (Phi) is 4.81. The van der Waals surface area contributed by atoms with Gasteiger partial charge < -0.3 is 10.4 Å². The SMILES string of the molecule is Cc1ccc(C(C)NCc2cn(CCO)nn2)cc1F. The number of aliphatic hydroxyl groups excluding tert-OH is 1. The number of halogens is 1. The molecule has 1 unspecified atom stereocenters. The highest BCUT2D eigenvalue weighted by molar-refractivity contribution is 5.25. The molecule has 1 heterocycles. The van der Waals surface area contributed by atoms with Crippen molar-refractivity contribution >= 4 is 0 Å². The average Bonchev–Trinajstić information content (AvgIpc) is 2.87. The number of benzene rings is 1. The third-order valence-electron chi connectivity index (χ3n) is 3.20. The van der Waals surface area contributed by atoms with Crippen LogP contribution in [0.15, 0.2) is 24.4 Å².